The van der Waals surface area contributed by atoms with Crippen LogP contribution >= 0.6 is 0 Å². The van der Waals surface area contributed by atoms with Crippen LogP contribution in [0.3, 0.4) is 0 Å². The Kier molecular flexibility index (Phi) is 5.38. The van der Waals surface area contributed by atoms with Gasteiger partial charge < -0.3 is 9.64 Å². The fraction of sp³-hybridized carbons (Fsp3) is 0.867. The summed E-state index contributed by atoms with van der Waals surface area (Å²) in [6, 6.07) is 2.61. The maximum absolute atomic E-state index is 12.4. The molecule has 1 saturated carbocycles. The molecule has 1 heterocycles. The van der Waals surface area contributed by atoms with E-state index in [2.05, 4.69) is 11.0 Å². The third kappa shape index (κ3) is 3.50. The smallest absolute Gasteiger partial charge is 0.236 e. The fourth-order valence-corrected chi connectivity index (χ4v) is 3.25. The van der Waals surface area contributed by atoms with Gasteiger partial charge in [0.1, 0.15) is 0 Å². The highest BCUT2D eigenvalue weighted by Gasteiger charge is 2.37. The summed E-state index contributed by atoms with van der Waals surface area (Å²) >= 11 is 0. The van der Waals surface area contributed by atoms with Gasteiger partial charge in [-0.1, -0.05) is 0 Å². The number of carbonyl (C=O) groups excluding carboxylic acids is 1. The van der Waals surface area contributed by atoms with Crippen molar-refractivity contribution in [2.75, 3.05) is 32.8 Å². The topological polar surface area (TPSA) is 56.6 Å². The van der Waals surface area contributed by atoms with Gasteiger partial charge in [-0.2, -0.15) is 5.26 Å². The Hall–Kier alpha value is -1.12. The summed E-state index contributed by atoms with van der Waals surface area (Å²) in [6.07, 6.45) is 3.78. The summed E-state index contributed by atoms with van der Waals surface area (Å²) in [6.45, 7) is 7.08. The lowest BCUT2D eigenvalue weighted by Gasteiger charge is -2.38. The first-order valence-electron chi connectivity index (χ1n) is 7.68. The van der Waals surface area contributed by atoms with Crippen LogP contribution in [0.25, 0.3) is 0 Å². The number of hydrogen-bond donors (Lipinski definition) is 0. The Bertz CT molecular complexity index is 380. The summed E-state index contributed by atoms with van der Waals surface area (Å²) in [5, 5.41) is 8.89. The van der Waals surface area contributed by atoms with Crippen LogP contribution in [0.4, 0.5) is 0 Å². The van der Waals surface area contributed by atoms with E-state index in [0.29, 0.717) is 31.8 Å². The molecule has 0 aromatic rings. The summed E-state index contributed by atoms with van der Waals surface area (Å²) in [4.78, 5) is 16.5. The Morgan fingerprint density at radius 2 is 2.35 bits per heavy atom. The first kappa shape index (κ1) is 15.3. The molecule has 0 aromatic heterocycles. The minimum absolute atomic E-state index is 0.109. The molecule has 2 aliphatic rings. The third-order valence-electron chi connectivity index (χ3n) is 4.38. The van der Waals surface area contributed by atoms with Crippen LogP contribution in [0.15, 0.2) is 0 Å². The van der Waals surface area contributed by atoms with E-state index in [9.17, 15) is 4.79 Å². The quantitative estimate of drug-likeness (QED) is 0.760. The lowest BCUT2D eigenvalue weighted by molar-refractivity contribution is -0.136. The highest BCUT2D eigenvalue weighted by molar-refractivity contribution is 5.78. The zero-order chi connectivity index (χ0) is 14.5. The minimum Gasteiger partial charge on any atom is -0.375 e. The maximum Gasteiger partial charge on any atom is 0.236 e. The van der Waals surface area contributed by atoms with E-state index < -0.39 is 0 Å². The molecular weight excluding hydrogens is 254 g/mol. The molecule has 0 spiro atoms. The molecule has 1 amide bonds. The van der Waals surface area contributed by atoms with Crippen LogP contribution in [0, 0.1) is 17.2 Å². The first-order valence-corrected chi connectivity index (χ1v) is 7.68. The summed E-state index contributed by atoms with van der Waals surface area (Å²) < 4.78 is 5.77. The molecular formula is C15H25N3O2. The van der Waals surface area contributed by atoms with Crippen molar-refractivity contribution in [3.8, 4) is 6.07 Å². The molecule has 5 nitrogen and oxygen atoms in total. The molecule has 1 aliphatic carbocycles. The van der Waals surface area contributed by atoms with Crippen LogP contribution in [0.5, 0.6) is 0 Å². The predicted octanol–water partition coefficient (Wildman–Crippen LogP) is 1.25. The molecule has 0 bridgehead atoms. The summed E-state index contributed by atoms with van der Waals surface area (Å²) in [5.74, 6) is 0.0324. The number of carbonyl (C=O) groups is 1. The largest absolute Gasteiger partial charge is 0.375 e. The van der Waals surface area contributed by atoms with Crippen molar-refractivity contribution in [2.45, 2.75) is 45.3 Å². The molecule has 0 radical (unpaired) electrons. The normalized spacial score (nSPS) is 27.6. The van der Waals surface area contributed by atoms with Gasteiger partial charge in [0.15, 0.2) is 0 Å². The predicted molar refractivity (Wildman–Crippen MR) is 76.0 cm³/mol. The van der Waals surface area contributed by atoms with E-state index in [1.54, 1.807) is 4.90 Å². The van der Waals surface area contributed by atoms with Crippen LogP contribution in [0.1, 0.15) is 33.1 Å². The Labute approximate surface area is 121 Å². The van der Waals surface area contributed by atoms with E-state index in [1.165, 1.54) is 6.42 Å². The van der Waals surface area contributed by atoms with Gasteiger partial charge >= 0.3 is 0 Å². The Morgan fingerprint density at radius 3 is 3.05 bits per heavy atom. The van der Waals surface area contributed by atoms with Crippen LogP contribution in [0.2, 0.25) is 0 Å². The van der Waals surface area contributed by atoms with Crippen molar-refractivity contribution < 1.29 is 9.53 Å². The van der Waals surface area contributed by atoms with Crippen LogP contribution in [-0.4, -0.2) is 60.6 Å². The zero-order valence-electron chi connectivity index (χ0n) is 12.5. The molecule has 3 unspecified atom stereocenters. The molecule has 1 saturated heterocycles. The highest BCUT2D eigenvalue weighted by atomic mass is 16.5. The maximum atomic E-state index is 12.4. The second-order valence-electron chi connectivity index (χ2n) is 5.84. The average molecular weight is 279 g/mol. The SMILES string of the molecule is CCN(CC(C)C#N)C(=O)CN1CCOC2CCCC21. The van der Waals surface area contributed by atoms with Crippen molar-refractivity contribution in [3.63, 3.8) is 0 Å². The van der Waals surface area contributed by atoms with Crippen LogP contribution in [-0.2, 0) is 9.53 Å². The van der Waals surface area contributed by atoms with Gasteiger partial charge in [0.25, 0.3) is 0 Å². The Balaban J connectivity index is 1.90. The summed E-state index contributed by atoms with van der Waals surface area (Å²) in [7, 11) is 0. The summed E-state index contributed by atoms with van der Waals surface area (Å²) in [5.41, 5.74) is 0. The molecule has 0 aromatic carbocycles. The second-order valence-corrected chi connectivity index (χ2v) is 5.84. The average Bonchev–Trinajstić information content (AvgIpc) is 2.93. The molecule has 5 heteroatoms. The molecule has 112 valence electrons. The number of morpholine rings is 1. The van der Waals surface area contributed by atoms with Gasteiger partial charge in [0.2, 0.25) is 5.91 Å². The van der Waals surface area contributed by atoms with Gasteiger partial charge in [-0.05, 0) is 33.1 Å². The standard InChI is InChI=1S/C15H25N3O2/c1-3-17(10-12(2)9-16)15(19)11-18-7-8-20-14-6-4-5-13(14)18/h12-14H,3-8,10-11H2,1-2H3. The van der Waals surface area contributed by atoms with Crippen molar-refractivity contribution in [1.29, 1.82) is 5.26 Å². The highest BCUT2D eigenvalue weighted by Crippen LogP contribution is 2.29. The molecule has 0 N–H and O–H groups in total. The number of likely N-dealkylation sites (N-methyl/N-ethyl adjacent to an activating group) is 1. The van der Waals surface area contributed by atoms with Gasteiger partial charge in [-0.15, -0.1) is 0 Å². The van der Waals surface area contributed by atoms with E-state index >= 15 is 0 Å². The van der Waals surface area contributed by atoms with Gasteiger partial charge in [0, 0.05) is 25.7 Å². The lowest BCUT2D eigenvalue weighted by atomic mass is 10.1. The number of amides is 1. The van der Waals surface area contributed by atoms with E-state index in [1.807, 2.05) is 13.8 Å². The second kappa shape index (κ2) is 7.05. The number of nitriles is 1. The fourth-order valence-electron chi connectivity index (χ4n) is 3.25. The molecule has 3 atom stereocenters. The number of ether oxygens (including phenoxy) is 1. The van der Waals surface area contributed by atoms with Crippen molar-refractivity contribution in [1.82, 2.24) is 9.80 Å². The minimum atomic E-state index is -0.109. The van der Waals surface area contributed by atoms with E-state index in [0.717, 1.165) is 26.0 Å². The first-order chi connectivity index (χ1) is 9.65. The zero-order valence-corrected chi connectivity index (χ0v) is 12.5. The van der Waals surface area contributed by atoms with Gasteiger partial charge in [-0.25, -0.2) is 0 Å². The molecule has 2 rings (SSSR count). The molecule has 20 heavy (non-hydrogen) atoms. The number of fused-ring (bicyclic) bond motifs is 1. The number of hydrogen-bond acceptors (Lipinski definition) is 4. The van der Waals surface area contributed by atoms with E-state index in [4.69, 9.17) is 10.00 Å². The van der Waals surface area contributed by atoms with Crippen LogP contribution < -0.4 is 0 Å². The van der Waals surface area contributed by atoms with Gasteiger partial charge in [-0.3, -0.25) is 9.69 Å². The number of rotatable bonds is 5. The molecule has 2 fully saturated rings. The monoisotopic (exact) mass is 279 g/mol. The Morgan fingerprint density at radius 1 is 1.55 bits per heavy atom. The van der Waals surface area contributed by atoms with E-state index in [-0.39, 0.29) is 11.8 Å². The molecule has 1 aliphatic heterocycles. The van der Waals surface area contributed by atoms with Crippen molar-refractivity contribution in [3.05, 3.63) is 0 Å². The van der Waals surface area contributed by atoms with Gasteiger partial charge in [0.05, 0.1) is 31.2 Å². The van der Waals surface area contributed by atoms with Crippen molar-refractivity contribution in [2.24, 2.45) is 5.92 Å². The van der Waals surface area contributed by atoms with Crippen molar-refractivity contribution >= 4 is 5.91 Å². The lowest BCUT2D eigenvalue weighted by Crippen LogP contribution is -2.52. The number of nitrogens with zero attached hydrogens (tertiary/aromatic N) is 3. The third-order valence-corrected chi connectivity index (χ3v) is 4.38.